The Morgan fingerprint density at radius 1 is 1.09 bits per heavy atom. The monoisotopic (exact) mass is 334 g/mol. The van der Waals surface area contributed by atoms with E-state index in [4.69, 9.17) is 27.9 Å². The van der Waals surface area contributed by atoms with E-state index in [1.807, 2.05) is 12.1 Å². The number of fused-ring (bicyclic) bond motifs is 1. The SMILES string of the molecule is Cn1c(COc2c(Cl)cccc2Cl)nc2ccccc2c1=O. The van der Waals surface area contributed by atoms with Gasteiger partial charge in [-0.1, -0.05) is 41.4 Å². The van der Waals surface area contributed by atoms with Gasteiger partial charge in [-0.25, -0.2) is 4.98 Å². The van der Waals surface area contributed by atoms with Crippen LogP contribution in [-0.2, 0) is 13.7 Å². The third-order valence-corrected chi connectivity index (χ3v) is 3.94. The number of ether oxygens (including phenoxy) is 1. The Bertz CT molecular complexity index is 886. The molecule has 0 saturated carbocycles. The molecule has 3 rings (SSSR count). The maximum atomic E-state index is 12.3. The molecule has 0 fully saturated rings. The van der Waals surface area contributed by atoms with E-state index in [2.05, 4.69) is 4.98 Å². The van der Waals surface area contributed by atoms with Crippen molar-refractivity contribution in [2.75, 3.05) is 0 Å². The fourth-order valence-electron chi connectivity index (χ4n) is 2.15. The van der Waals surface area contributed by atoms with E-state index < -0.39 is 0 Å². The van der Waals surface area contributed by atoms with Gasteiger partial charge in [-0.2, -0.15) is 0 Å². The lowest BCUT2D eigenvalue weighted by atomic mass is 10.2. The number of hydrogen-bond acceptors (Lipinski definition) is 3. The summed E-state index contributed by atoms with van der Waals surface area (Å²) in [6, 6.07) is 12.3. The maximum absolute atomic E-state index is 12.3. The quantitative estimate of drug-likeness (QED) is 0.731. The molecule has 6 heteroatoms. The third-order valence-electron chi connectivity index (χ3n) is 3.34. The molecule has 22 heavy (non-hydrogen) atoms. The summed E-state index contributed by atoms with van der Waals surface area (Å²) in [5.41, 5.74) is 0.518. The molecule has 0 unspecified atom stereocenters. The third kappa shape index (κ3) is 2.67. The predicted molar refractivity (Wildman–Crippen MR) is 87.8 cm³/mol. The Balaban J connectivity index is 1.98. The van der Waals surface area contributed by atoms with Crippen LogP contribution in [-0.4, -0.2) is 9.55 Å². The van der Waals surface area contributed by atoms with Crippen molar-refractivity contribution < 1.29 is 4.74 Å². The van der Waals surface area contributed by atoms with Gasteiger partial charge < -0.3 is 4.74 Å². The summed E-state index contributed by atoms with van der Waals surface area (Å²) in [6.45, 7) is 0.0972. The van der Waals surface area contributed by atoms with E-state index in [0.717, 1.165) is 0 Å². The summed E-state index contributed by atoms with van der Waals surface area (Å²) in [4.78, 5) is 16.8. The van der Waals surface area contributed by atoms with Crippen molar-refractivity contribution in [2.45, 2.75) is 6.61 Å². The van der Waals surface area contributed by atoms with Crippen LogP contribution in [0.5, 0.6) is 5.75 Å². The fraction of sp³-hybridized carbons (Fsp3) is 0.125. The van der Waals surface area contributed by atoms with Crippen molar-refractivity contribution >= 4 is 34.1 Å². The van der Waals surface area contributed by atoms with Gasteiger partial charge in [0, 0.05) is 7.05 Å². The average molecular weight is 335 g/mol. The molecule has 4 nitrogen and oxygen atoms in total. The Morgan fingerprint density at radius 3 is 2.50 bits per heavy atom. The van der Waals surface area contributed by atoms with E-state index in [1.165, 1.54) is 4.57 Å². The zero-order valence-corrected chi connectivity index (χ0v) is 13.2. The van der Waals surface area contributed by atoms with Crippen molar-refractivity contribution in [2.24, 2.45) is 7.05 Å². The van der Waals surface area contributed by atoms with E-state index in [-0.39, 0.29) is 12.2 Å². The lowest BCUT2D eigenvalue weighted by molar-refractivity contribution is 0.290. The first-order valence-electron chi connectivity index (χ1n) is 6.59. The van der Waals surface area contributed by atoms with Crippen LogP contribution in [0.25, 0.3) is 10.9 Å². The predicted octanol–water partition coefficient (Wildman–Crippen LogP) is 3.82. The molecular weight excluding hydrogens is 323 g/mol. The molecule has 0 aliphatic heterocycles. The van der Waals surface area contributed by atoms with Crippen LogP contribution in [0.2, 0.25) is 10.0 Å². The first-order chi connectivity index (χ1) is 10.6. The topological polar surface area (TPSA) is 44.1 Å². The van der Waals surface area contributed by atoms with Crippen LogP contribution in [0.1, 0.15) is 5.82 Å². The number of benzene rings is 2. The van der Waals surface area contributed by atoms with Crippen molar-refractivity contribution in [1.82, 2.24) is 9.55 Å². The summed E-state index contributed by atoms with van der Waals surface area (Å²) < 4.78 is 7.12. The Kier molecular flexibility index (Phi) is 4.05. The number of hydrogen-bond donors (Lipinski definition) is 0. The van der Waals surface area contributed by atoms with Crippen LogP contribution < -0.4 is 10.3 Å². The summed E-state index contributed by atoms with van der Waals surface area (Å²) in [5, 5.41) is 1.40. The van der Waals surface area contributed by atoms with Gasteiger partial charge in [0.1, 0.15) is 12.4 Å². The van der Waals surface area contributed by atoms with Crippen LogP contribution in [0, 0.1) is 0 Å². The standard InChI is InChI=1S/C16H12Cl2N2O2/c1-20-14(9-22-15-11(17)6-4-7-12(15)18)19-13-8-3-2-5-10(13)16(20)21/h2-8H,9H2,1H3. The van der Waals surface area contributed by atoms with Crippen LogP contribution in [0.3, 0.4) is 0 Å². The highest BCUT2D eigenvalue weighted by atomic mass is 35.5. The van der Waals surface area contributed by atoms with E-state index in [0.29, 0.717) is 32.5 Å². The van der Waals surface area contributed by atoms with Crippen LogP contribution in [0.4, 0.5) is 0 Å². The molecule has 0 N–H and O–H groups in total. The van der Waals surface area contributed by atoms with Gasteiger partial charge in [-0.05, 0) is 24.3 Å². The van der Waals surface area contributed by atoms with Gasteiger partial charge in [0.2, 0.25) is 0 Å². The van der Waals surface area contributed by atoms with Crippen molar-refractivity contribution in [1.29, 1.82) is 0 Å². The van der Waals surface area contributed by atoms with E-state index in [1.54, 1.807) is 37.4 Å². The van der Waals surface area contributed by atoms with Crippen molar-refractivity contribution in [3.05, 3.63) is 68.7 Å². The molecule has 1 heterocycles. The smallest absolute Gasteiger partial charge is 0.261 e. The summed E-state index contributed by atoms with van der Waals surface area (Å²) in [7, 11) is 1.66. The van der Waals surface area contributed by atoms with Gasteiger partial charge in [0.25, 0.3) is 5.56 Å². The Hall–Kier alpha value is -2.04. The highest BCUT2D eigenvalue weighted by molar-refractivity contribution is 6.37. The van der Waals surface area contributed by atoms with E-state index in [9.17, 15) is 4.79 Å². The Labute approximate surface area is 136 Å². The highest BCUT2D eigenvalue weighted by Gasteiger charge is 2.11. The molecule has 2 aromatic carbocycles. The molecule has 0 spiro atoms. The van der Waals surface area contributed by atoms with Crippen molar-refractivity contribution in [3.8, 4) is 5.75 Å². The van der Waals surface area contributed by atoms with Gasteiger partial charge in [-0.3, -0.25) is 9.36 Å². The normalized spacial score (nSPS) is 10.9. The molecule has 0 aliphatic carbocycles. The second-order valence-corrected chi connectivity index (χ2v) is 5.56. The zero-order chi connectivity index (χ0) is 15.7. The largest absolute Gasteiger partial charge is 0.483 e. The van der Waals surface area contributed by atoms with Gasteiger partial charge in [-0.15, -0.1) is 0 Å². The number of para-hydroxylation sites is 2. The molecule has 3 aromatic rings. The average Bonchev–Trinajstić information content (AvgIpc) is 2.51. The van der Waals surface area contributed by atoms with Crippen LogP contribution in [0.15, 0.2) is 47.3 Å². The Morgan fingerprint density at radius 2 is 1.77 bits per heavy atom. The first-order valence-corrected chi connectivity index (χ1v) is 7.35. The van der Waals surface area contributed by atoms with Gasteiger partial charge >= 0.3 is 0 Å². The molecule has 0 radical (unpaired) electrons. The molecule has 0 bridgehead atoms. The fourth-order valence-corrected chi connectivity index (χ4v) is 2.66. The molecule has 0 amide bonds. The minimum absolute atomic E-state index is 0.0972. The lowest BCUT2D eigenvalue weighted by Gasteiger charge is -2.12. The lowest BCUT2D eigenvalue weighted by Crippen LogP contribution is -2.23. The molecule has 0 atom stereocenters. The maximum Gasteiger partial charge on any atom is 0.261 e. The molecule has 0 aliphatic rings. The second kappa shape index (κ2) is 5.99. The molecule has 0 saturated heterocycles. The molecular formula is C16H12Cl2N2O2. The molecule has 1 aromatic heterocycles. The van der Waals surface area contributed by atoms with E-state index >= 15 is 0 Å². The van der Waals surface area contributed by atoms with Gasteiger partial charge in [0.15, 0.2) is 5.75 Å². The number of nitrogens with zero attached hydrogens (tertiary/aromatic N) is 2. The summed E-state index contributed by atoms with van der Waals surface area (Å²) in [6.07, 6.45) is 0. The number of rotatable bonds is 3. The minimum Gasteiger partial charge on any atom is -0.483 e. The van der Waals surface area contributed by atoms with Crippen LogP contribution >= 0.6 is 23.2 Å². The second-order valence-electron chi connectivity index (χ2n) is 4.75. The number of aromatic nitrogens is 2. The summed E-state index contributed by atoms with van der Waals surface area (Å²) in [5.74, 6) is 0.882. The highest BCUT2D eigenvalue weighted by Crippen LogP contribution is 2.32. The number of halogens is 2. The van der Waals surface area contributed by atoms with Crippen molar-refractivity contribution in [3.63, 3.8) is 0 Å². The minimum atomic E-state index is -0.116. The van der Waals surface area contributed by atoms with Gasteiger partial charge in [0.05, 0.1) is 20.9 Å². The zero-order valence-electron chi connectivity index (χ0n) is 11.7. The summed E-state index contributed by atoms with van der Waals surface area (Å²) >= 11 is 12.1. The molecule has 112 valence electrons. The first kappa shape index (κ1) is 14.9.